The third-order valence-electron chi connectivity index (χ3n) is 3.22. The van der Waals surface area contributed by atoms with Gasteiger partial charge in [-0.25, -0.2) is 4.98 Å². The maximum absolute atomic E-state index is 12.2. The largest absolute Gasteiger partial charge is 0.325 e. The first-order chi connectivity index (χ1) is 11.0. The summed E-state index contributed by atoms with van der Waals surface area (Å²) >= 11 is 14.8. The predicted molar refractivity (Wildman–Crippen MR) is 99.0 cm³/mol. The van der Waals surface area contributed by atoms with Gasteiger partial charge in [-0.05, 0) is 24.6 Å². The van der Waals surface area contributed by atoms with Gasteiger partial charge in [0.25, 0.3) is 0 Å². The molecule has 0 atom stereocenters. The Kier molecular flexibility index (Phi) is 5.02. The molecule has 1 N–H and O–H groups in total. The van der Waals surface area contributed by atoms with E-state index in [-0.39, 0.29) is 12.3 Å². The first-order valence-electron chi connectivity index (χ1n) is 6.78. The fraction of sp³-hybridized carbons (Fsp3) is 0.125. The van der Waals surface area contributed by atoms with Crippen LogP contribution < -0.4 is 5.32 Å². The van der Waals surface area contributed by atoms with Crippen molar-refractivity contribution < 1.29 is 4.79 Å². The number of hydrogen-bond acceptors (Lipinski definition) is 4. The number of nitrogens with one attached hydrogen (secondary N) is 1. The summed E-state index contributed by atoms with van der Waals surface area (Å²) in [5.74, 6) is -0.0883. The van der Waals surface area contributed by atoms with Crippen molar-refractivity contribution in [1.82, 2.24) is 4.98 Å². The van der Waals surface area contributed by atoms with Crippen LogP contribution in [-0.4, -0.2) is 10.9 Å². The smallest absolute Gasteiger partial charge is 0.231 e. The van der Waals surface area contributed by atoms with Crippen LogP contribution in [0, 0.1) is 6.92 Å². The van der Waals surface area contributed by atoms with Gasteiger partial charge in [-0.15, -0.1) is 22.7 Å². The first kappa shape index (κ1) is 16.5. The number of rotatable bonds is 4. The summed E-state index contributed by atoms with van der Waals surface area (Å²) in [5, 5.41) is 5.54. The average molecular weight is 383 g/mol. The van der Waals surface area contributed by atoms with Crippen LogP contribution >= 0.6 is 45.9 Å². The van der Waals surface area contributed by atoms with Crippen LogP contribution in [-0.2, 0) is 11.2 Å². The van der Waals surface area contributed by atoms with Gasteiger partial charge in [-0.2, -0.15) is 0 Å². The number of aromatic nitrogens is 1. The molecule has 2 heterocycles. The minimum Gasteiger partial charge on any atom is -0.325 e. The summed E-state index contributed by atoms with van der Waals surface area (Å²) in [6, 6.07) is 9.47. The van der Waals surface area contributed by atoms with E-state index in [1.54, 1.807) is 6.07 Å². The van der Waals surface area contributed by atoms with E-state index in [9.17, 15) is 4.79 Å². The van der Waals surface area contributed by atoms with Gasteiger partial charge in [0.15, 0.2) is 0 Å². The highest BCUT2D eigenvalue weighted by molar-refractivity contribution is 7.20. The molecule has 3 aromatic rings. The maximum Gasteiger partial charge on any atom is 0.231 e. The van der Waals surface area contributed by atoms with Crippen molar-refractivity contribution in [3.8, 4) is 11.3 Å². The van der Waals surface area contributed by atoms with Gasteiger partial charge in [0.1, 0.15) is 9.34 Å². The second kappa shape index (κ2) is 7.01. The Balaban J connectivity index is 1.71. The summed E-state index contributed by atoms with van der Waals surface area (Å²) < 4.78 is 1.23. The number of carbonyl (C=O) groups is 1. The number of thiophene rings is 1. The molecule has 0 aliphatic heterocycles. The summed E-state index contributed by atoms with van der Waals surface area (Å²) in [7, 11) is 0. The zero-order valence-corrected chi connectivity index (χ0v) is 15.2. The summed E-state index contributed by atoms with van der Waals surface area (Å²) in [4.78, 5) is 16.6. The normalized spacial score (nSPS) is 10.7. The average Bonchev–Trinajstić information content (AvgIpc) is 3.07. The van der Waals surface area contributed by atoms with Crippen molar-refractivity contribution in [2.45, 2.75) is 13.3 Å². The lowest BCUT2D eigenvalue weighted by Crippen LogP contribution is -2.14. The highest BCUT2D eigenvalue weighted by Gasteiger charge is 2.14. The highest BCUT2D eigenvalue weighted by Crippen LogP contribution is 2.38. The van der Waals surface area contributed by atoms with Crippen LogP contribution in [0.2, 0.25) is 8.67 Å². The van der Waals surface area contributed by atoms with E-state index >= 15 is 0 Å². The number of benzene rings is 1. The number of thiazole rings is 1. The third-order valence-corrected chi connectivity index (χ3v) is 5.55. The van der Waals surface area contributed by atoms with E-state index in [4.69, 9.17) is 23.2 Å². The number of hydrogen-bond donors (Lipinski definition) is 1. The maximum atomic E-state index is 12.2. The van der Waals surface area contributed by atoms with Crippen molar-refractivity contribution in [1.29, 1.82) is 0 Å². The molecular formula is C16H12Cl2N2OS2. The molecule has 0 saturated carbocycles. The van der Waals surface area contributed by atoms with Gasteiger partial charge in [-0.1, -0.05) is 41.4 Å². The van der Waals surface area contributed by atoms with Crippen LogP contribution in [0.5, 0.6) is 0 Å². The molecule has 0 radical (unpaired) electrons. The number of halogens is 2. The molecule has 0 unspecified atom stereocenters. The van der Waals surface area contributed by atoms with E-state index in [2.05, 4.69) is 10.3 Å². The molecule has 3 rings (SSSR count). The first-order valence-corrected chi connectivity index (χ1v) is 9.23. The Morgan fingerprint density at radius 1 is 1.30 bits per heavy atom. The number of nitrogens with zero attached hydrogens (tertiary/aromatic N) is 1. The lowest BCUT2D eigenvalue weighted by atomic mass is 10.2. The molecule has 1 amide bonds. The predicted octanol–water partition coefficient (Wildman–Crippen LogP) is 5.67. The number of para-hydroxylation sites is 1. The Labute approximate surface area is 151 Å². The molecule has 0 spiro atoms. The summed E-state index contributed by atoms with van der Waals surface area (Å²) in [5.41, 5.74) is 3.41. The minimum atomic E-state index is -0.0883. The van der Waals surface area contributed by atoms with E-state index < -0.39 is 0 Å². The lowest BCUT2D eigenvalue weighted by Gasteiger charge is -2.06. The van der Waals surface area contributed by atoms with Crippen LogP contribution in [0.1, 0.15) is 10.6 Å². The van der Waals surface area contributed by atoms with Crippen molar-refractivity contribution >= 4 is 57.5 Å². The molecule has 0 bridgehead atoms. The van der Waals surface area contributed by atoms with E-state index in [0.29, 0.717) is 8.67 Å². The van der Waals surface area contributed by atoms with Crippen LogP contribution in [0.4, 0.5) is 5.69 Å². The van der Waals surface area contributed by atoms with Crippen molar-refractivity contribution in [3.63, 3.8) is 0 Å². The van der Waals surface area contributed by atoms with E-state index in [1.807, 2.05) is 36.6 Å². The Hall–Kier alpha value is -1.40. The molecule has 1 aromatic carbocycles. The van der Waals surface area contributed by atoms with Crippen LogP contribution in [0.25, 0.3) is 11.3 Å². The monoisotopic (exact) mass is 382 g/mol. The molecule has 0 fully saturated rings. The topological polar surface area (TPSA) is 42.0 Å². The fourth-order valence-electron chi connectivity index (χ4n) is 2.08. The zero-order valence-electron chi connectivity index (χ0n) is 12.1. The van der Waals surface area contributed by atoms with Crippen molar-refractivity contribution in [2.24, 2.45) is 0 Å². The minimum absolute atomic E-state index is 0.0883. The van der Waals surface area contributed by atoms with E-state index in [1.165, 1.54) is 22.7 Å². The molecule has 0 aliphatic rings. The molecule has 7 heteroatoms. The molecule has 0 aliphatic carbocycles. The Morgan fingerprint density at radius 2 is 2.09 bits per heavy atom. The van der Waals surface area contributed by atoms with Crippen molar-refractivity contribution in [3.05, 3.63) is 55.0 Å². The molecule has 23 heavy (non-hydrogen) atoms. The Bertz CT molecular complexity index is 857. The number of carbonyl (C=O) groups excluding carboxylic acids is 1. The second-order valence-corrected chi connectivity index (χ2v) is 8.13. The second-order valence-electron chi connectivity index (χ2n) is 4.90. The molecular weight excluding hydrogens is 371 g/mol. The SMILES string of the molecule is Cc1ccccc1NC(=O)Cc1nc(-c2cc(Cl)sc2Cl)cs1. The standard InChI is InChI=1S/C16H12Cl2N2OS2/c1-9-4-2-3-5-11(9)19-14(21)7-15-20-12(8-22-15)10-6-13(17)23-16(10)18/h2-6,8H,7H2,1H3,(H,19,21). The molecule has 0 saturated heterocycles. The number of anilines is 1. The van der Waals surface area contributed by atoms with E-state index in [0.717, 1.165) is 27.5 Å². The van der Waals surface area contributed by atoms with Gasteiger partial charge in [-0.3, -0.25) is 4.79 Å². The lowest BCUT2D eigenvalue weighted by molar-refractivity contribution is -0.115. The summed E-state index contributed by atoms with van der Waals surface area (Å²) in [6.45, 7) is 1.96. The fourth-order valence-corrected chi connectivity index (χ4v) is 4.35. The third kappa shape index (κ3) is 3.93. The number of amides is 1. The van der Waals surface area contributed by atoms with Crippen LogP contribution in [0.3, 0.4) is 0 Å². The van der Waals surface area contributed by atoms with Crippen molar-refractivity contribution in [2.75, 3.05) is 5.32 Å². The highest BCUT2D eigenvalue weighted by atomic mass is 35.5. The molecule has 3 nitrogen and oxygen atoms in total. The number of aryl methyl sites for hydroxylation is 1. The quantitative estimate of drug-likeness (QED) is 0.631. The molecule has 2 aromatic heterocycles. The van der Waals surface area contributed by atoms with Gasteiger partial charge in [0.2, 0.25) is 5.91 Å². The zero-order chi connectivity index (χ0) is 16.4. The van der Waals surface area contributed by atoms with Gasteiger partial charge < -0.3 is 5.32 Å². The Morgan fingerprint density at radius 3 is 2.78 bits per heavy atom. The van der Waals surface area contributed by atoms with Gasteiger partial charge in [0, 0.05) is 16.6 Å². The van der Waals surface area contributed by atoms with Crippen LogP contribution in [0.15, 0.2) is 35.7 Å². The van der Waals surface area contributed by atoms with Gasteiger partial charge >= 0.3 is 0 Å². The molecule has 118 valence electrons. The van der Waals surface area contributed by atoms with Gasteiger partial charge in [0.05, 0.1) is 16.5 Å². The summed E-state index contributed by atoms with van der Waals surface area (Å²) in [6.07, 6.45) is 0.231.